The molecule has 0 spiro atoms. The normalized spacial score (nSPS) is 11.8. The summed E-state index contributed by atoms with van der Waals surface area (Å²) in [6, 6.07) is 0. The third kappa shape index (κ3) is 28.4. The minimum absolute atomic E-state index is 0. The van der Waals surface area contributed by atoms with E-state index in [4.69, 9.17) is 16.2 Å². The maximum atomic E-state index is 11.8. The van der Waals surface area contributed by atoms with E-state index in [1.165, 1.54) is 96.3 Å². The quantitative estimate of drug-likeness (QED) is 0.0740. The van der Waals surface area contributed by atoms with Gasteiger partial charge in [-0.05, 0) is 32.2 Å². The van der Waals surface area contributed by atoms with Crippen molar-refractivity contribution in [2.45, 2.75) is 154 Å². The van der Waals surface area contributed by atoms with Crippen LogP contribution in [0.3, 0.4) is 0 Å². The van der Waals surface area contributed by atoms with Crippen molar-refractivity contribution in [2.75, 3.05) is 6.54 Å². The van der Waals surface area contributed by atoms with E-state index in [0.29, 0.717) is 13.0 Å². The van der Waals surface area contributed by atoms with Gasteiger partial charge in [-0.15, -0.1) is 0 Å². The van der Waals surface area contributed by atoms with Crippen molar-refractivity contribution in [3.63, 3.8) is 0 Å². The molecule has 182 valence electrons. The number of esters is 1. The van der Waals surface area contributed by atoms with E-state index in [0.717, 1.165) is 38.5 Å². The average molecular weight is 451 g/mol. The topological polar surface area (TPSA) is 78.3 Å². The van der Waals surface area contributed by atoms with Gasteiger partial charge in [-0.2, -0.15) is 0 Å². The van der Waals surface area contributed by atoms with Gasteiger partial charge in [0, 0.05) is 6.42 Å². The van der Waals surface area contributed by atoms with Gasteiger partial charge in [0.1, 0.15) is 0 Å². The molecule has 5 heteroatoms. The summed E-state index contributed by atoms with van der Waals surface area (Å²) in [5.41, 5.74) is 11.3. The van der Waals surface area contributed by atoms with Crippen LogP contribution in [-0.4, -0.2) is 48.3 Å². The van der Waals surface area contributed by atoms with Crippen LogP contribution in [0.5, 0.6) is 0 Å². The Kier molecular flexibility index (Phi) is 30.8. The van der Waals surface area contributed by atoms with Crippen molar-refractivity contribution < 1.29 is 9.53 Å². The van der Waals surface area contributed by atoms with Crippen LogP contribution in [0.4, 0.5) is 0 Å². The molecular formula is C26H55N2NaO2. The monoisotopic (exact) mass is 450 g/mol. The summed E-state index contributed by atoms with van der Waals surface area (Å²) in [5, 5.41) is 0. The molecule has 0 aliphatic carbocycles. The van der Waals surface area contributed by atoms with Crippen molar-refractivity contribution in [3.8, 4) is 0 Å². The molecule has 1 unspecified atom stereocenters. The second-order valence-electron chi connectivity index (χ2n) is 9.07. The van der Waals surface area contributed by atoms with E-state index in [1.54, 1.807) is 0 Å². The first-order valence-corrected chi connectivity index (χ1v) is 13.4. The molecule has 0 aromatic carbocycles. The van der Waals surface area contributed by atoms with Crippen LogP contribution in [0.2, 0.25) is 0 Å². The number of carbonyl (C=O) groups excluding carboxylic acids is 1. The van der Waals surface area contributed by atoms with Gasteiger partial charge in [-0.3, -0.25) is 10.5 Å². The van der Waals surface area contributed by atoms with Gasteiger partial charge in [0.15, 0.2) is 6.23 Å². The van der Waals surface area contributed by atoms with Crippen LogP contribution in [0, 0.1) is 0 Å². The molecule has 4 N–H and O–H groups in total. The van der Waals surface area contributed by atoms with Crippen LogP contribution >= 0.6 is 0 Å². The number of rotatable bonds is 24. The zero-order valence-corrected chi connectivity index (χ0v) is 20.3. The fourth-order valence-corrected chi connectivity index (χ4v) is 3.95. The summed E-state index contributed by atoms with van der Waals surface area (Å²) in [6.45, 7) is 3.00. The number of nitrogens with two attached hydrogens (primary N) is 2. The molecule has 0 saturated heterocycles. The van der Waals surface area contributed by atoms with Crippen LogP contribution in [-0.2, 0) is 9.53 Å². The summed E-state index contributed by atoms with van der Waals surface area (Å²) in [5.74, 6) is -0.137. The second kappa shape index (κ2) is 28.4. The SMILES string of the molecule is CCCCCCCCCCCCCCCCCCCC(=O)OC(N)CCCCCN.[NaH]. The third-order valence-corrected chi connectivity index (χ3v) is 5.96. The number of ether oxygens (including phenoxy) is 1. The summed E-state index contributed by atoms with van der Waals surface area (Å²) in [6.07, 6.45) is 26.8. The van der Waals surface area contributed by atoms with Gasteiger partial charge in [0.2, 0.25) is 0 Å². The van der Waals surface area contributed by atoms with Crippen LogP contribution in [0.15, 0.2) is 0 Å². The number of unbranched alkanes of at least 4 members (excludes halogenated alkanes) is 18. The Morgan fingerprint density at radius 3 is 1.45 bits per heavy atom. The van der Waals surface area contributed by atoms with Crippen LogP contribution in [0.1, 0.15) is 148 Å². The molecule has 0 radical (unpaired) electrons. The summed E-state index contributed by atoms with van der Waals surface area (Å²) < 4.78 is 5.27. The Hall–Kier alpha value is 0.390. The summed E-state index contributed by atoms with van der Waals surface area (Å²) in [4.78, 5) is 11.8. The molecule has 0 aromatic rings. The van der Waals surface area contributed by atoms with Crippen molar-refractivity contribution in [1.29, 1.82) is 0 Å². The Balaban J connectivity index is 0. The van der Waals surface area contributed by atoms with Gasteiger partial charge in [0.25, 0.3) is 0 Å². The molecule has 0 aliphatic heterocycles. The Morgan fingerprint density at radius 2 is 1.03 bits per heavy atom. The Labute approximate surface area is 216 Å². The zero-order chi connectivity index (χ0) is 22.1. The third-order valence-electron chi connectivity index (χ3n) is 5.96. The first-order valence-electron chi connectivity index (χ1n) is 13.4. The number of hydrogen-bond acceptors (Lipinski definition) is 4. The van der Waals surface area contributed by atoms with Crippen molar-refractivity contribution in [3.05, 3.63) is 0 Å². The Bertz CT molecular complexity index is 356. The van der Waals surface area contributed by atoms with E-state index in [2.05, 4.69) is 6.92 Å². The standard InChI is InChI=1S/C26H54N2O2.Na.H/c1-2-3-4-5-6-7-8-9-10-11-12-13-14-15-16-17-20-23-26(29)30-25(28)22-19-18-21-24-27;;/h25H,2-24,27-28H2,1H3;;. The molecular weight excluding hydrogens is 395 g/mol. The first-order chi connectivity index (χ1) is 14.7. The van der Waals surface area contributed by atoms with E-state index < -0.39 is 6.23 Å². The molecule has 0 fully saturated rings. The molecule has 0 heterocycles. The van der Waals surface area contributed by atoms with Crippen molar-refractivity contribution in [1.82, 2.24) is 0 Å². The first kappa shape index (κ1) is 33.6. The van der Waals surface area contributed by atoms with Gasteiger partial charge in [-0.25, -0.2) is 0 Å². The molecule has 0 bridgehead atoms. The van der Waals surface area contributed by atoms with Crippen LogP contribution in [0.25, 0.3) is 0 Å². The van der Waals surface area contributed by atoms with Crippen LogP contribution < -0.4 is 11.5 Å². The number of carbonyl (C=O) groups is 1. The molecule has 0 amide bonds. The fourth-order valence-electron chi connectivity index (χ4n) is 3.95. The summed E-state index contributed by atoms with van der Waals surface area (Å²) in [7, 11) is 0. The van der Waals surface area contributed by atoms with Gasteiger partial charge in [0.05, 0.1) is 0 Å². The predicted octanol–water partition coefficient (Wildman–Crippen LogP) is 6.73. The van der Waals surface area contributed by atoms with Gasteiger partial charge < -0.3 is 10.5 Å². The zero-order valence-electron chi connectivity index (χ0n) is 20.3. The molecule has 0 aromatic heterocycles. The molecule has 0 aliphatic rings. The van der Waals surface area contributed by atoms with Crippen molar-refractivity contribution in [2.24, 2.45) is 11.5 Å². The van der Waals surface area contributed by atoms with E-state index in [-0.39, 0.29) is 35.5 Å². The summed E-state index contributed by atoms with van der Waals surface area (Å²) >= 11 is 0. The second-order valence-corrected chi connectivity index (χ2v) is 9.07. The molecule has 1 atom stereocenters. The molecule has 4 nitrogen and oxygen atoms in total. The van der Waals surface area contributed by atoms with E-state index >= 15 is 0 Å². The molecule has 31 heavy (non-hydrogen) atoms. The minimum atomic E-state index is -0.443. The molecule has 0 saturated carbocycles. The fraction of sp³-hybridized carbons (Fsp3) is 0.962. The van der Waals surface area contributed by atoms with E-state index in [1.807, 2.05) is 0 Å². The molecule has 0 rings (SSSR count). The average Bonchev–Trinajstić information content (AvgIpc) is 2.73. The Morgan fingerprint density at radius 1 is 0.645 bits per heavy atom. The maximum absolute atomic E-state index is 11.8. The van der Waals surface area contributed by atoms with Gasteiger partial charge >= 0.3 is 35.5 Å². The number of hydrogen-bond donors (Lipinski definition) is 2. The van der Waals surface area contributed by atoms with E-state index in [9.17, 15) is 4.79 Å². The van der Waals surface area contributed by atoms with Crippen molar-refractivity contribution >= 4 is 35.5 Å². The van der Waals surface area contributed by atoms with Gasteiger partial charge in [-0.1, -0.05) is 116 Å². The predicted molar refractivity (Wildman–Crippen MR) is 138 cm³/mol.